The zero-order valence-corrected chi connectivity index (χ0v) is 6.46. The molecule has 0 unspecified atom stereocenters. The summed E-state index contributed by atoms with van der Waals surface area (Å²) in [4.78, 5) is 12.5. The second-order valence-corrected chi connectivity index (χ2v) is 2.75. The average Bonchev–Trinajstić information content (AvgIpc) is 1.76. The van der Waals surface area contributed by atoms with E-state index in [0.29, 0.717) is 5.92 Å². The van der Waals surface area contributed by atoms with Crippen LogP contribution in [0.5, 0.6) is 0 Å². The smallest absolute Gasteiger partial charge is 0.219 e. The Morgan fingerprint density at radius 2 is 2.30 bits per heavy atom. The minimum Gasteiger partial charge on any atom is -0.384 e. The topological polar surface area (TPSA) is 29.5 Å². The van der Waals surface area contributed by atoms with Crippen LogP contribution in [0.25, 0.3) is 0 Å². The molecule has 0 aromatic rings. The fraction of sp³-hybridized carbons (Fsp3) is 0.857. The lowest BCUT2D eigenvalue weighted by Gasteiger charge is -2.38. The maximum absolute atomic E-state index is 10.7. The van der Waals surface area contributed by atoms with Gasteiger partial charge in [0, 0.05) is 33.0 Å². The summed E-state index contributed by atoms with van der Waals surface area (Å²) in [6.45, 7) is 4.14. The summed E-state index contributed by atoms with van der Waals surface area (Å²) < 4.78 is 4.94. The molecular weight excluding hydrogens is 130 g/mol. The lowest BCUT2D eigenvalue weighted by molar-refractivity contribution is -0.136. The summed E-state index contributed by atoms with van der Waals surface area (Å²) in [5.74, 6) is 0.751. The van der Waals surface area contributed by atoms with E-state index in [1.807, 2.05) is 4.90 Å². The number of hydrogen-bond donors (Lipinski definition) is 0. The van der Waals surface area contributed by atoms with Gasteiger partial charge in [-0.25, -0.2) is 0 Å². The minimum atomic E-state index is 0.173. The number of likely N-dealkylation sites (tertiary alicyclic amines) is 1. The molecule has 58 valence electrons. The van der Waals surface area contributed by atoms with Crippen molar-refractivity contribution in [3.05, 3.63) is 0 Å². The summed E-state index contributed by atoms with van der Waals surface area (Å²) in [6, 6.07) is 0. The monoisotopic (exact) mass is 143 g/mol. The number of methoxy groups -OCH3 is 1. The second-order valence-electron chi connectivity index (χ2n) is 2.75. The Kier molecular flexibility index (Phi) is 2.27. The van der Waals surface area contributed by atoms with Gasteiger partial charge in [-0.2, -0.15) is 0 Å². The number of carbonyl (C=O) groups is 1. The van der Waals surface area contributed by atoms with Gasteiger partial charge in [-0.1, -0.05) is 0 Å². The van der Waals surface area contributed by atoms with Crippen molar-refractivity contribution < 1.29 is 9.53 Å². The van der Waals surface area contributed by atoms with Gasteiger partial charge in [0.2, 0.25) is 5.91 Å². The Balaban J connectivity index is 2.12. The van der Waals surface area contributed by atoms with Crippen molar-refractivity contribution in [2.75, 3.05) is 26.8 Å². The van der Waals surface area contributed by atoms with E-state index in [4.69, 9.17) is 4.74 Å². The molecule has 3 nitrogen and oxygen atoms in total. The predicted octanol–water partition coefficient (Wildman–Crippen LogP) is 0.111. The maximum Gasteiger partial charge on any atom is 0.219 e. The lowest BCUT2D eigenvalue weighted by atomic mass is 10.0. The zero-order valence-electron chi connectivity index (χ0n) is 6.46. The largest absolute Gasteiger partial charge is 0.384 e. The van der Waals surface area contributed by atoms with Gasteiger partial charge >= 0.3 is 0 Å². The highest BCUT2D eigenvalue weighted by Crippen LogP contribution is 2.14. The molecular formula is C7H13NO2. The standard InChI is InChI=1S/C7H13NO2/c1-6(9)8-3-7(4-8)5-10-2/h7H,3-5H2,1-2H3. The van der Waals surface area contributed by atoms with E-state index in [1.165, 1.54) is 0 Å². The molecule has 0 N–H and O–H groups in total. The summed E-state index contributed by atoms with van der Waals surface area (Å²) >= 11 is 0. The Morgan fingerprint density at radius 3 is 2.70 bits per heavy atom. The number of carbonyl (C=O) groups excluding carboxylic acids is 1. The molecule has 1 heterocycles. The molecule has 3 heteroatoms. The third kappa shape index (κ3) is 1.48. The molecule has 1 amide bonds. The number of nitrogens with zero attached hydrogens (tertiary/aromatic N) is 1. The first-order chi connectivity index (χ1) is 4.74. The van der Waals surface area contributed by atoms with Crippen LogP contribution in [0.1, 0.15) is 6.92 Å². The number of amides is 1. The Labute approximate surface area is 61.0 Å². The van der Waals surface area contributed by atoms with Crippen molar-refractivity contribution in [1.82, 2.24) is 4.90 Å². The lowest BCUT2D eigenvalue weighted by Crippen LogP contribution is -2.50. The normalized spacial score (nSPS) is 18.8. The number of ether oxygens (including phenoxy) is 1. The average molecular weight is 143 g/mol. The fourth-order valence-electron chi connectivity index (χ4n) is 1.17. The Hall–Kier alpha value is -0.570. The summed E-state index contributed by atoms with van der Waals surface area (Å²) in [7, 11) is 1.69. The third-order valence-corrected chi connectivity index (χ3v) is 1.80. The van der Waals surface area contributed by atoms with Gasteiger partial charge in [0.1, 0.15) is 0 Å². The molecule has 1 saturated heterocycles. The maximum atomic E-state index is 10.7. The van der Waals surface area contributed by atoms with Gasteiger partial charge < -0.3 is 9.64 Å². The summed E-state index contributed by atoms with van der Waals surface area (Å²) in [6.07, 6.45) is 0. The van der Waals surface area contributed by atoms with Gasteiger partial charge in [-0.3, -0.25) is 4.79 Å². The predicted molar refractivity (Wildman–Crippen MR) is 37.6 cm³/mol. The SMILES string of the molecule is COCC1CN(C(C)=O)C1. The van der Waals surface area contributed by atoms with E-state index >= 15 is 0 Å². The first-order valence-electron chi connectivity index (χ1n) is 3.48. The van der Waals surface area contributed by atoms with Crippen molar-refractivity contribution in [3.8, 4) is 0 Å². The molecule has 10 heavy (non-hydrogen) atoms. The highest BCUT2D eigenvalue weighted by Gasteiger charge is 2.27. The quantitative estimate of drug-likeness (QED) is 0.549. The van der Waals surface area contributed by atoms with Crippen LogP contribution in [0.4, 0.5) is 0 Å². The van der Waals surface area contributed by atoms with Crippen molar-refractivity contribution in [1.29, 1.82) is 0 Å². The van der Waals surface area contributed by atoms with Crippen molar-refractivity contribution in [2.45, 2.75) is 6.92 Å². The summed E-state index contributed by atoms with van der Waals surface area (Å²) in [5, 5.41) is 0. The molecule has 1 fully saturated rings. The van der Waals surface area contributed by atoms with Gasteiger partial charge in [-0.15, -0.1) is 0 Å². The van der Waals surface area contributed by atoms with Gasteiger partial charge in [0.15, 0.2) is 0 Å². The molecule has 1 aliphatic rings. The van der Waals surface area contributed by atoms with Crippen LogP contribution in [-0.2, 0) is 9.53 Å². The van der Waals surface area contributed by atoms with Crippen LogP contribution >= 0.6 is 0 Å². The highest BCUT2D eigenvalue weighted by molar-refractivity contribution is 5.74. The van der Waals surface area contributed by atoms with Gasteiger partial charge in [-0.05, 0) is 0 Å². The molecule has 0 aliphatic carbocycles. The molecule has 0 bridgehead atoms. The van der Waals surface area contributed by atoms with Crippen LogP contribution in [-0.4, -0.2) is 37.6 Å². The van der Waals surface area contributed by atoms with E-state index in [1.54, 1.807) is 14.0 Å². The van der Waals surface area contributed by atoms with Gasteiger partial charge in [0.05, 0.1) is 6.61 Å². The van der Waals surface area contributed by atoms with Crippen LogP contribution in [0.3, 0.4) is 0 Å². The highest BCUT2D eigenvalue weighted by atomic mass is 16.5. The molecule has 0 aromatic carbocycles. The molecule has 0 saturated carbocycles. The first-order valence-corrected chi connectivity index (χ1v) is 3.48. The van der Waals surface area contributed by atoms with E-state index in [-0.39, 0.29) is 5.91 Å². The van der Waals surface area contributed by atoms with Crippen LogP contribution in [0.2, 0.25) is 0 Å². The Morgan fingerprint density at radius 1 is 1.70 bits per heavy atom. The third-order valence-electron chi connectivity index (χ3n) is 1.80. The summed E-state index contributed by atoms with van der Waals surface area (Å²) in [5.41, 5.74) is 0. The Bertz CT molecular complexity index is 130. The second kappa shape index (κ2) is 3.01. The van der Waals surface area contributed by atoms with Crippen LogP contribution in [0.15, 0.2) is 0 Å². The van der Waals surface area contributed by atoms with Crippen molar-refractivity contribution >= 4 is 5.91 Å². The van der Waals surface area contributed by atoms with Crippen LogP contribution in [0, 0.1) is 5.92 Å². The molecule has 0 aromatic heterocycles. The molecule has 1 rings (SSSR count). The number of hydrogen-bond acceptors (Lipinski definition) is 2. The van der Waals surface area contributed by atoms with Crippen LogP contribution < -0.4 is 0 Å². The van der Waals surface area contributed by atoms with E-state index < -0.39 is 0 Å². The number of rotatable bonds is 2. The molecule has 0 atom stereocenters. The van der Waals surface area contributed by atoms with E-state index in [0.717, 1.165) is 19.7 Å². The van der Waals surface area contributed by atoms with E-state index in [2.05, 4.69) is 0 Å². The zero-order chi connectivity index (χ0) is 7.56. The minimum absolute atomic E-state index is 0.173. The van der Waals surface area contributed by atoms with E-state index in [9.17, 15) is 4.79 Å². The van der Waals surface area contributed by atoms with Crippen molar-refractivity contribution in [3.63, 3.8) is 0 Å². The van der Waals surface area contributed by atoms with Crippen molar-refractivity contribution in [2.24, 2.45) is 5.92 Å². The molecule has 0 spiro atoms. The van der Waals surface area contributed by atoms with Gasteiger partial charge in [0.25, 0.3) is 0 Å². The fourth-order valence-corrected chi connectivity index (χ4v) is 1.17. The molecule has 0 radical (unpaired) electrons. The first kappa shape index (κ1) is 7.54. The molecule has 1 aliphatic heterocycles.